The fourth-order valence-corrected chi connectivity index (χ4v) is 1.73. The smallest absolute Gasteiger partial charge is 0.0596 e. The maximum Gasteiger partial charge on any atom is 0.316 e. The molecule has 1 rings (SSSR count). The van der Waals surface area contributed by atoms with Crippen LogP contribution in [0.3, 0.4) is 0 Å². The summed E-state index contributed by atoms with van der Waals surface area (Å²) >= 11 is 0. The van der Waals surface area contributed by atoms with E-state index < -0.39 is 0 Å². The van der Waals surface area contributed by atoms with E-state index in [1.54, 1.807) is 5.92 Å². The van der Waals surface area contributed by atoms with Crippen molar-refractivity contribution < 1.29 is 0 Å². The molecule has 0 aromatic rings. The second-order valence-electron chi connectivity index (χ2n) is 4.41. The first-order valence-corrected chi connectivity index (χ1v) is 4.46. The van der Waals surface area contributed by atoms with Crippen LogP contribution in [0.4, 0.5) is 0 Å². The zero-order valence-corrected chi connectivity index (χ0v) is 7.54. The summed E-state index contributed by atoms with van der Waals surface area (Å²) in [7, 11) is 0. The summed E-state index contributed by atoms with van der Waals surface area (Å²) in [4.78, 5) is 0. The molecule has 0 N–H and O–H groups in total. The van der Waals surface area contributed by atoms with Gasteiger partial charge in [0.2, 0.25) is 0 Å². The van der Waals surface area contributed by atoms with Gasteiger partial charge in [-0.2, -0.15) is 0 Å². The molecule has 0 saturated heterocycles. The van der Waals surface area contributed by atoms with Gasteiger partial charge in [-0.15, -0.1) is 0 Å². The second-order valence-corrected chi connectivity index (χ2v) is 4.41. The summed E-state index contributed by atoms with van der Waals surface area (Å²) in [6.07, 6.45) is 7.12. The first-order valence-electron chi connectivity index (χ1n) is 4.46. The Labute approximate surface area is 87.3 Å². The minimum atomic E-state index is 0. The molecule has 0 nitrogen and oxygen atoms in total. The SMILES string of the molecule is CC(C)(C)[C]1CCCCC1.[MgH2]. The molecule has 0 aromatic carbocycles. The third-order valence-corrected chi connectivity index (χ3v) is 2.52. The summed E-state index contributed by atoms with van der Waals surface area (Å²) in [6.45, 7) is 7.02. The van der Waals surface area contributed by atoms with Crippen molar-refractivity contribution in [1.82, 2.24) is 0 Å². The van der Waals surface area contributed by atoms with Gasteiger partial charge in [0.1, 0.15) is 0 Å². The molecule has 1 radical (unpaired) electrons. The van der Waals surface area contributed by atoms with E-state index in [4.69, 9.17) is 0 Å². The summed E-state index contributed by atoms with van der Waals surface area (Å²) < 4.78 is 0. The lowest BCUT2D eigenvalue weighted by molar-refractivity contribution is 0.343. The summed E-state index contributed by atoms with van der Waals surface area (Å²) in [6, 6.07) is 0. The van der Waals surface area contributed by atoms with E-state index in [-0.39, 0.29) is 23.1 Å². The molecule has 1 saturated carbocycles. The Morgan fingerprint density at radius 3 is 1.64 bits per heavy atom. The van der Waals surface area contributed by atoms with E-state index in [0.717, 1.165) is 0 Å². The molecule has 1 aliphatic carbocycles. The molecule has 0 aromatic heterocycles. The molecule has 0 unspecified atom stereocenters. The normalized spacial score (nSPS) is 21.0. The zero-order chi connectivity index (χ0) is 7.61. The Morgan fingerprint density at radius 1 is 0.909 bits per heavy atom. The van der Waals surface area contributed by atoms with Crippen molar-refractivity contribution in [3.05, 3.63) is 5.92 Å². The minimum Gasteiger partial charge on any atom is -0.0596 e. The highest BCUT2D eigenvalue weighted by Crippen LogP contribution is 2.39. The van der Waals surface area contributed by atoms with E-state index >= 15 is 0 Å². The molecule has 1 aliphatic rings. The third kappa shape index (κ3) is 3.79. The quantitative estimate of drug-likeness (QED) is 0.484. The highest BCUT2D eigenvalue weighted by atomic mass is 24.3. The Bertz CT molecular complexity index is 95.9. The highest BCUT2D eigenvalue weighted by Gasteiger charge is 2.26. The Kier molecular flexibility index (Phi) is 5.04. The Hall–Kier alpha value is 0.766. The lowest BCUT2D eigenvalue weighted by atomic mass is 9.72. The zero-order valence-electron chi connectivity index (χ0n) is 7.54. The van der Waals surface area contributed by atoms with Crippen molar-refractivity contribution >= 4 is 23.1 Å². The summed E-state index contributed by atoms with van der Waals surface area (Å²) in [5, 5.41) is 0. The Balaban J connectivity index is 0.000001000. The first kappa shape index (κ1) is 11.8. The van der Waals surface area contributed by atoms with Gasteiger partial charge in [-0.3, -0.25) is 0 Å². The van der Waals surface area contributed by atoms with Crippen LogP contribution in [0.15, 0.2) is 0 Å². The van der Waals surface area contributed by atoms with Gasteiger partial charge in [-0.1, -0.05) is 40.0 Å². The Morgan fingerprint density at radius 2 is 1.36 bits per heavy atom. The van der Waals surface area contributed by atoms with E-state index in [1.165, 1.54) is 32.1 Å². The van der Waals surface area contributed by atoms with Gasteiger partial charge in [0, 0.05) is 0 Å². The molecular formula is C10H21Mg. The lowest BCUT2D eigenvalue weighted by Gasteiger charge is -2.33. The van der Waals surface area contributed by atoms with Gasteiger partial charge in [-0.25, -0.2) is 0 Å². The van der Waals surface area contributed by atoms with Crippen LogP contribution < -0.4 is 0 Å². The van der Waals surface area contributed by atoms with Crippen molar-refractivity contribution in [2.75, 3.05) is 0 Å². The van der Waals surface area contributed by atoms with Crippen LogP contribution in [0, 0.1) is 11.3 Å². The molecule has 0 atom stereocenters. The fraction of sp³-hybridized carbons (Fsp3) is 0.900. The van der Waals surface area contributed by atoms with Crippen LogP contribution in [0.5, 0.6) is 0 Å². The van der Waals surface area contributed by atoms with Crippen LogP contribution in [0.1, 0.15) is 52.9 Å². The average Bonchev–Trinajstić information content (AvgIpc) is 1.88. The van der Waals surface area contributed by atoms with E-state index in [1.807, 2.05) is 0 Å². The molecule has 1 fully saturated rings. The topological polar surface area (TPSA) is 0 Å². The van der Waals surface area contributed by atoms with Crippen LogP contribution >= 0.6 is 0 Å². The predicted octanol–water partition coefficient (Wildman–Crippen LogP) is 2.65. The minimum absolute atomic E-state index is 0. The lowest BCUT2D eigenvalue weighted by Crippen LogP contribution is -2.20. The predicted molar refractivity (Wildman–Crippen MR) is 54.3 cm³/mol. The molecule has 0 amide bonds. The maximum atomic E-state index is 2.34. The van der Waals surface area contributed by atoms with E-state index in [9.17, 15) is 0 Å². The second kappa shape index (κ2) is 4.71. The van der Waals surface area contributed by atoms with Gasteiger partial charge >= 0.3 is 23.1 Å². The number of rotatable bonds is 0. The maximum absolute atomic E-state index is 2.34. The van der Waals surface area contributed by atoms with Gasteiger partial charge in [-0.05, 0) is 24.2 Å². The molecule has 0 spiro atoms. The van der Waals surface area contributed by atoms with Crippen molar-refractivity contribution in [3.63, 3.8) is 0 Å². The average molecular weight is 166 g/mol. The molecule has 0 aliphatic heterocycles. The first-order chi connectivity index (χ1) is 4.61. The molecule has 1 heteroatoms. The molecule has 0 bridgehead atoms. The fourth-order valence-electron chi connectivity index (χ4n) is 1.73. The monoisotopic (exact) mass is 165 g/mol. The molecule has 11 heavy (non-hydrogen) atoms. The molecular weight excluding hydrogens is 144 g/mol. The standard InChI is InChI=1S/C10H19.Mg.2H/c1-10(2,3)9-7-5-4-6-8-9;;;/h4-8H2,1-3H3;;;. The number of hydrogen-bond acceptors (Lipinski definition) is 0. The largest absolute Gasteiger partial charge is 0.316 e. The van der Waals surface area contributed by atoms with Gasteiger partial charge in [0.05, 0.1) is 0 Å². The van der Waals surface area contributed by atoms with Gasteiger partial charge in [0.15, 0.2) is 0 Å². The van der Waals surface area contributed by atoms with Crippen molar-refractivity contribution in [1.29, 1.82) is 0 Å². The molecule has 63 valence electrons. The van der Waals surface area contributed by atoms with Crippen molar-refractivity contribution in [2.24, 2.45) is 5.41 Å². The highest BCUT2D eigenvalue weighted by molar-refractivity contribution is 5.75. The van der Waals surface area contributed by atoms with Crippen LogP contribution in [0.25, 0.3) is 0 Å². The third-order valence-electron chi connectivity index (χ3n) is 2.52. The van der Waals surface area contributed by atoms with Crippen molar-refractivity contribution in [3.8, 4) is 0 Å². The summed E-state index contributed by atoms with van der Waals surface area (Å²) in [5.41, 5.74) is 0.487. The number of hydrogen-bond donors (Lipinski definition) is 0. The van der Waals surface area contributed by atoms with Crippen LogP contribution in [0.2, 0.25) is 0 Å². The van der Waals surface area contributed by atoms with Gasteiger partial charge in [0.25, 0.3) is 0 Å². The van der Waals surface area contributed by atoms with Crippen LogP contribution in [-0.2, 0) is 0 Å². The summed E-state index contributed by atoms with van der Waals surface area (Å²) in [5.74, 6) is 1.79. The van der Waals surface area contributed by atoms with Crippen molar-refractivity contribution in [2.45, 2.75) is 52.9 Å². The van der Waals surface area contributed by atoms with Gasteiger partial charge < -0.3 is 0 Å². The molecule has 0 heterocycles. The van der Waals surface area contributed by atoms with E-state index in [0.29, 0.717) is 5.41 Å². The van der Waals surface area contributed by atoms with E-state index in [2.05, 4.69) is 20.8 Å². The van der Waals surface area contributed by atoms with Crippen LogP contribution in [-0.4, -0.2) is 23.1 Å².